The second-order valence-corrected chi connectivity index (χ2v) is 17.1. The van der Waals surface area contributed by atoms with Gasteiger partial charge < -0.3 is 18.0 Å². The van der Waals surface area contributed by atoms with Gasteiger partial charge in [-0.3, -0.25) is 0 Å². The minimum Gasteiger partial charge on any atom is -0.456 e. The van der Waals surface area contributed by atoms with Crippen LogP contribution < -0.4 is 0 Å². The molecule has 1 unspecified atom stereocenters. The van der Waals surface area contributed by atoms with E-state index in [4.69, 9.17) is 18.8 Å². The van der Waals surface area contributed by atoms with Gasteiger partial charge in [0.25, 0.3) is 0 Å². The highest BCUT2D eigenvalue weighted by Crippen LogP contribution is 2.43. The first-order chi connectivity index (χ1) is 31.7. The van der Waals surface area contributed by atoms with Crippen molar-refractivity contribution in [3.8, 4) is 5.69 Å². The van der Waals surface area contributed by atoms with E-state index in [1.165, 1.54) is 43.4 Å². The fourth-order valence-corrected chi connectivity index (χ4v) is 10.7. The largest absolute Gasteiger partial charge is 0.456 e. The second kappa shape index (κ2) is 13.6. The van der Waals surface area contributed by atoms with Gasteiger partial charge in [0.05, 0.1) is 27.8 Å². The van der Waals surface area contributed by atoms with E-state index in [1.54, 1.807) is 0 Å². The molecule has 0 radical (unpaired) electrons. The molecule has 1 atom stereocenters. The number of amidine groups is 1. The molecule has 6 heteroatoms. The quantitative estimate of drug-likeness (QED) is 0.177. The zero-order valence-corrected chi connectivity index (χ0v) is 34.7. The zero-order valence-electron chi connectivity index (χ0n) is 34.7. The third kappa shape index (κ3) is 5.14. The number of hydrogen-bond donors (Lipinski definition) is 0. The molecule has 13 aromatic rings. The Bertz CT molecular complexity index is 4080. The average molecular weight is 823 g/mol. The van der Waals surface area contributed by atoms with Crippen LogP contribution in [0.3, 0.4) is 0 Å². The fraction of sp³-hybridized carbons (Fsp3) is 0.0690. The Hall–Kier alpha value is -8.22. The van der Waals surface area contributed by atoms with Gasteiger partial charge in [-0.1, -0.05) is 127 Å². The maximum atomic E-state index is 7.06. The van der Waals surface area contributed by atoms with Crippen LogP contribution in [0, 0.1) is 0 Å². The summed E-state index contributed by atoms with van der Waals surface area (Å²) in [5.41, 5.74) is 11.8. The van der Waals surface area contributed by atoms with E-state index in [-0.39, 0.29) is 6.17 Å². The van der Waals surface area contributed by atoms with Crippen LogP contribution in [0.25, 0.3) is 104 Å². The van der Waals surface area contributed by atoms with Crippen molar-refractivity contribution in [3.05, 3.63) is 199 Å². The smallest absolute Gasteiger partial charge is 0.160 e. The number of rotatable bonds is 4. The molecule has 1 aliphatic heterocycles. The van der Waals surface area contributed by atoms with Gasteiger partial charge >= 0.3 is 0 Å². The van der Waals surface area contributed by atoms with Gasteiger partial charge in [-0.15, -0.1) is 0 Å². The van der Waals surface area contributed by atoms with E-state index in [9.17, 15) is 0 Å². The maximum Gasteiger partial charge on any atom is 0.160 e. The lowest BCUT2D eigenvalue weighted by molar-refractivity contribution is 0.497. The molecule has 1 aliphatic rings. The van der Waals surface area contributed by atoms with Crippen LogP contribution in [0.2, 0.25) is 0 Å². The fourth-order valence-electron chi connectivity index (χ4n) is 10.7. The third-order valence-electron chi connectivity index (χ3n) is 13.5. The Balaban J connectivity index is 1.12. The molecule has 0 saturated carbocycles. The molecule has 0 saturated heterocycles. The minimum absolute atomic E-state index is 0.239. The summed E-state index contributed by atoms with van der Waals surface area (Å²) in [6.45, 7) is 0. The van der Waals surface area contributed by atoms with E-state index in [1.807, 2.05) is 18.2 Å². The number of benzene rings is 9. The lowest BCUT2D eigenvalue weighted by Gasteiger charge is -2.23. The predicted molar refractivity (Wildman–Crippen MR) is 265 cm³/mol. The van der Waals surface area contributed by atoms with Crippen LogP contribution in [-0.2, 0) is 0 Å². The van der Waals surface area contributed by atoms with Crippen molar-refractivity contribution in [2.24, 2.45) is 9.98 Å². The Kier molecular flexibility index (Phi) is 7.54. The first-order valence-corrected chi connectivity index (χ1v) is 22.2. The van der Waals surface area contributed by atoms with Gasteiger partial charge in [0.2, 0.25) is 0 Å². The average Bonchev–Trinajstić information content (AvgIpc) is 4.09. The molecule has 0 aliphatic carbocycles. The Morgan fingerprint density at radius 3 is 1.83 bits per heavy atom. The van der Waals surface area contributed by atoms with E-state index in [0.717, 1.165) is 96.7 Å². The minimum atomic E-state index is -0.239. The first-order valence-electron chi connectivity index (χ1n) is 22.2. The third-order valence-corrected chi connectivity index (χ3v) is 13.5. The van der Waals surface area contributed by atoms with Crippen LogP contribution >= 0.6 is 0 Å². The molecule has 5 heterocycles. The highest BCUT2D eigenvalue weighted by molar-refractivity contribution is 6.24. The van der Waals surface area contributed by atoms with Crippen LogP contribution in [0.5, 0.6) is 0 Å². The summed E-state index contributed by atoms with van der Waals surface area (Å²) in [4.78, 5) is 11.7. The SMILES string of the molecule is c1ccc2cc3c(cc2c1)c1ccccc1n3-c1c(C2=NC(n3c4ccccc4c4ccccc43)CCCC(c3cccc4oc5ccccc5c34)=N2)ccc2c1oc1ccccc12. The summed E-state index contributed by atoms with van der Waals surface area (Å²) in [7, 11) is 0. The maximum absolute atomic E-state index is 7.06. The highest BCUT2D eigenvalue weighted by Gasteiger charge is 2.28. The summed E-state index contributed by atoms with van der Waals surface area (Å²) >= 11 is 0. The monoisotopic (exact) mass is 822 g/mol. The first kappa shape index (κ1) is 35.4. The summed E-state index contributed by atoms with van der Waals surface area (Å²) in [5.74, 6) is 0.662. The number of fused-ring (bicyclic) bond motifs is 13. The van der Waals surface area contributed by atoms with E-state index < -0.39 is 0 Å². The normalized spacial score (nSPS) is 15.0. The van der Waals surface area contributed by atoms with E-state index in [0.29, 0.717) is 5.84 Å². The van der Waals surface area contributed by atoms with Crippen molar-refractivity contribution in [2.75, 3.05) is 0 Å². The number of para-hydroxylation sites is 5. The van der Waals surface area contributed by atoms with E-state index in [2.05, 4.69) is 179 Å². The van der Waals surface area contributed by atoms with Crippen LogP contribution in [-0.4, -0.2) is 20.7 Å². The van der Waals surface area contributed by atoms with Crippen molar-refractivity contribution in [2.45, 2.75) is 25.4 Å². The molecule has 0 N–H and O–H groups in total. The predicted octanol–water partition coefficient (Wildman–Crippen LogP) is 15.5. The molecule has 9 aromatic carbocycles. The summed E-state index contributed by atoms with van der Waals surface area (Å²) < 4.78 is 18.4. The molecular weight excluding hydrogens is 785 g/mol. The van der Waals surface area contributed by atoms with Gasteiger partial charge in [-0.2, -0.15) is 0 Å². The summed E-state index contributed by atoms with van der Waals surface area (Å²) in [6.07, 6.45) is 2.23. The summed E-state index contributed by atoms with van der Waals surface area (Å²) in [6, 6.07) is 67.0. The standard InChI is InChI=1S/C58H38N4O2/c1-2-16-36-34-50-45(33-35(36)15-1)39-19-5-10-26-49(39)62(50)56-44(32-31-41-40-20-6-11-27-51(40)64-57(41)56)58-59-46(42-22-13-29-53-55(42)43-21-7-12-28-52(43)63-53)23-14-30-54(60-58)61-47-24-8-3-17-37(47)38-18-4-9-25-48(38)61/h1-13,15-22,24-29,31-34,54H,14,23,30H2. The Morgan fingerprint density at radius 2 is 1.06 bits per heavy atom. The van der Waals surface area contributed by atoms with Crippen molar-refractivity contribution < 1.29 is 8.83 Å². The van der Waals surface area contributed by atoms with Gasteiger partial charge in [-0.05, 0) is 90.7 Å². The molecule has 4 aromatic heterocycles. The summed E-state index contributed by atoms with van der Waals surface area (Å²) in [5, 5.41) is 11.5. The van der Waals surface area contributed by atoms with Gasteiger partial charge in [0, 0.05) is 54.2 Å². The lowest BCUT2D eigenvalue weighted by Crippen LogP contribution is -2.17. The zero-order chi connectivity index (χ0) is 41.9. The lowest BCUT2D eigenvalue weighted by atomic mass is 9.97. The number of furan rings is 2. The molecule has 302 valence electrons. The topological polar surface area (TPSA) is 60.9 Å². The molecular formula is C58H38N4O2. The van der Waals surface area contributed by atoms with Crippen LogP contribution in [0.1, 0.15) is 36.6 Å². The van der Waals surface area contributed by atoms with Gasteiger partial charge in [-0.25, -0.2) is 9.98 Å². The number of aliphatic imine (C=N–C) groups is 2. The highest BCUT2D eigenvalue weighted by atomic mass is 16.3. The molecule has 14 rings (SSSR count). The van der Waals surface area contributed by atoms with Crippen molar-refractivity contribution in [1.82, 2.24) is 9.13 Å². The van der Waals surface area contributed by atoms with Crippen LogP contribution in [0.4, 0.5) is 0 Å². The molecule has 0 spiro atoms. The van der Waals surface area contributed by atoms with Gasteiger partial charge in [0.15, 0.2) is 11.4 Å². The number of hydrogen-bond acceptors (Lipinski definition) is 4. The Labute approximate surface area is 366 Å². The molecule has 0 bridgehead atoms. The molecule has 0 fully saturated rings. The number of aromatic nitrogens is 2. The number of nitrogens with zero attached hydrogens (tertiary/aromatic N) is 4. The van der Waals surface area contributed by atoms with Gasteiger partial charge in [0.1, 0.15) is 28.6 Å². The van der Waals surface area contributed by atoms with Crippen molar-refractivity contribution in [3.63, 3.8) is 0 Å². The van der Waals surface area contributed by atoms with E-state index >= 15 is 0 Å². The molecule has 64 heavy (non-hydrogen) atoms. The molecule has 6 nitrogen and oxygen atoms in total. The van der Waals surface area contributed by atoms with Crippen molar-refractivity contribution in [1.29, 1.82) is 0 Å². The van der Waals surface area contributed by atoms with Crippen LogP contribution in [0.15, 0.2) is 207 Å². The second-order valence-electron chi connectivity index (χ2n) is 17.1. The Morgan fingerprint density at radius 1 is 0.453 bits per heavy atom. The van der Waals surface area contributed by atoms with Crippen molar-refractivity contribution >= 4 is 110 Å². The molecule has 0 amide bonds.